The fourth-order valence-electron chi connectivity index (χ4n) is 1.30. The Morgan fingerprint density at radius 1 is 1.33 bits per heavy atom. The average molecular weight is 370 g/mol. The van der Waals surface area contributed by atoms with Gasteiger partial charge in [-0.05, 0) is 41.9 Å². The largest absolute Gasteiger partial charge is 0.421 e. The summed E-state index contributed by atoms with van der Waals surface area (Å²) < 4.78 is 56.5. The summed E-state index contributed by atoms with van der Waals surface area (Å²) in [7, 11) is 0. The van der Waals surface area contributed by atoms with E-state index in [1.54, 1.807) is 13.8 Å². The fourth-order valence-corrected chi connectivity index (χ4v) is 1.45. The first-order valence-corrected chi connectivity index (χ1v) is 6.51. The summed E-state index contributed by atoms with van der Waals surface area (Å²) in [4.78, 5) is 7.53. The highest BCUT2D eigenvalue weighted by molar-refractivity contribution is 9.18. The van der Waals surface area contributed by atoms with Crippen LogP contribution in [0, 0.1) is 5.82 Å². The van der Waals surface area contributed by atoms with E-state index in [2.05, 4.69) is 25.9 Å². The van der Waals surface area contributed by atoms with Crippen molar-refractivity contribution in [3.05, 3.63) is 29.6 Å². The Hall–Kier alpha value is -1.64. The highest BCUT2D eigenvalue weighted by Gasteiger charge is 2.35. The lowest BCUT2D eigenvalue weighted by atomic mass is 10.2. The molecule has 0 aliphatic carbocycles. The van der Waals surface area contributed by atoms with E-state index in [-0.39, 0.29) is 16.8 Å². The van der Waals surface area contributed by atoms with Gasteiger partial charge in [-0.3, -0.25) is 0 Å². The van der Waals surface area contributed by atoms with E-state index in [1.807, 2.05) is 0 Å². The summed E-state index contributed by atoms with van der Waals surface area (Å²) in [5.74, 6) is -2.17. The van der Waals surface area contributed by atoms with E-state index in [9.17, 15) is 17.6 Å². The Kier molecular flexibility index (Phi) is 5.70. The molecule has 0 fully saturated rings. The molecule has 2 N–H and O–H groups in total. The molecule has 0 saturated heterocycles. The molecular weight excluding hydrogens is 358 g/mol. The van der Waals surface area contributed by atoms with Gasteiger partial charge in [0.1, 0.15) is 0 Å². The van der Waals surface area contributed by atoms with Crippen molar-refractivity contribution in [3.8, 4) is 5.75 Å². The molecule has 0 aliphatic heterocycles. The number of halogens is 5. The number of amidine groups is 2. The van der Waals surface area contributed by atoms with Crippen molar-refractivity contribution >= 4 is 26.7 Å². The van der Waals surface area contributed by atoms with Crippen molar-refractivity contribution in [2.24, 2.45) is 15.7 Å². The second-order valence-corrected chi connectivity index (χ2v) is 4.97. The molecule has 0 radical (unpaired) electrons. The maximum atomic E-state index is 13.8. The zero-order valence-corrected chi connectivity index (χ0v) is 12.7. The normalized spacial score (nSPS) is 13.7. The molecule has 1 aromatic rings. The summed E-state index contributed by atoms with van der Waals surface area (Å²) in [6.07, 6.45) is -4.82. The van der Waals surface area contributed by atoms with Gasteiger partial charge in [-0.15, -0.1) is 0 Å². The van der Waals surface area contributed by atoms with Gasteiger partial charge >= 0.3 is 12.2 Å². The first-order chi connectivity index (χ1) is 9.61. The summed E-state index contributed by atoms with van der Waals surface area (Å²) >= 11 is 2.84. The molecule has 0 saturated carbocycles. The molecule has 0 unspecified atom stereocenters. The third kappa shape index (κ3) is 5.33. The molecular formula is C12H12BrF4N3O. The molecule has 21 heavy (non-hydrogen) atoms. The third-order valence-corrected chi connectivity index (χ3v) is 2.22. The van der Waals surface area contributed by atoms with E-state index in [4.69, 9.17) is 10.5 Å². The van der Waals surface area contributed by atoms with Gasteiger partial charge in [0, 0.05) is 6.04 Å². The first kappa shape index (κ1) is 17.4. The predicted octanol–water partition coefficient (Wildman–Crippen LogP) is 3.70. The van der Waals surface area contributed by atoms with Gasteiger partial charge in [-0.1, -0.05) is 6.07 Å². The molecule has 9 heteroatoms. The quantitative estimate of drug-likeness (QED) is 0.374. The van der Waals surface area contributed by atoms with Crippen LogP contribution in [0.2, 0.25) is 0 Å². The van der Waals surface area contributed by atoms with E-state index in [0.717, 1.165) is 12.1 Å². The van der Waals surface area contributed by atoms with Crippen molar-refractivity contribution in [2.75, 3.05) is 0 Å². The maximum absolute atomic E-state index is 13.8. The standard InChI is InChI=1S/C12H12BrF4N3O/c1-6(2)19-11(20-10(13)18)21-8-5-3-4-7(9(8)14)12(15,16)17/h3-6H,1-2H3,(H2,18,19,20). The molecule has 0 spiro atoms. The molecule has 0 aromatic heterocycles. The number of benzene rings is 1. The zero-order chi connectivity index (χ0) is 16.2. The van der Waals surface area contributed by atoms with Crippen molar-refractivity contribution in [1.29, 1.82) is 0 Å². The molecule has 0 amide bonds. The topological polar surface area (TPSA) is 60.0 Å². The molecule has 0 bridgehead atoms. The molecule has 0 aliphatic rings. The number of hydrogen-bond donors (Lipinski definition) is 1. The van der Waals surface area contributed by atoms with Crippen LogP contribution in [0.1, 0.15) is 19.4 Å². The van der Waals surface area contributed by atoms with Crippen LogP contribution in [-0.2, 0) is 6.18 Å². The highest BCUT2D eigenvalue weighted by atomic mass is 79.9. The van der Waals surface area contributed by atoms with Crippen LogP contribution in [0.5, 0.6) is 5.75 Å². The predicted molar refractivity (Wildman–Crippen MR) is 75.2 cm³/mol. The average Bonchev–Trinajstić information content (AvgIpc) is 2.28. The Balaban J connectivity index is 3.20. The van der Waals surface area contributed by atoms with Crippen molar-refractivity contribution in [2.45, 2.75) is 26.1 Å². The zero-order valence-electron chi connectivity index (χ0n) is 11.1. The van der Waals surface area contributed by atoms with Crippen molar-refractivity contribution in [3.63, 3.8) is 0 Å². The van der Waals surface area contributed by atoms with Gasteiger partial charge < -0.3 is 10.5 Å². The van der Waals surface area contributed by atoms with E-state index in [0.29, 0.717) is 6.07 Å². The molecule has 0 atom stereocenters. The van der Waals surface area contributed by atoms with Gasteiger partial charge in [-0.2, -0.15) is 18.2 Å². The van der Waals surface area contributed by atoms with Crippen LogP contribution >= 0.6 is 15.9 Å². The van der Waals surface area contributed by atoms with E-state index in [1.165, 1.54) is 0 Å². The van der Waals surface area contributed by atoms with Crippen LogP contribution in [-0.4, -0.2) is 16.8 Å². The molecule has 1 rings (SSSR count). The number of aliphatic imine (C=N–C) groups is 2. The number of rotatable bonds is 2. The number of nitrogens with zero attached hydrogens (tertiary/aromatic N) is 2. The lowest BCUT2D eigenvalue weighted by Gasteiger charge is -2.12. The number of hydrogen-bond acceptors (Lipinski definition) is 2. The molecule has 116 valence electrons. The minimum absolute atomic E-state index is 0.103. The third-order valence-electron chi connectivity index (χ3n) is 2.04. The van der Waals surface area contributed by atoms with Gasteiger partial charge in [-0.25, -0.2) is 9.38 Å². The Morgan fingerprint density at radius 2 is 1.95 bits per heavy atom. The fraction of sp³-hybridized carbons (Fsp3) is 0.333. The van der Waals surface area contributed by atoms with E-state index < -0.39 is 23.3 Å². The molecule has 1 aromatic carbocycles. The SMILES string of the molecule is CC(C)N=C(/N=C(\N)Br)Oc1cccc(C(F)(F)F)c1F. The Bertz CT molecular complexity index is 566. The van der Waals surface area contributed by atoms with Crippen LogP contribution in [0.4, 0.5) is 17.6 Å². The first-order valence-electron chi connectivity index (χ1n) is 5.72. The van der Waals surface area contributed by atoms with Gasteiger partial charge in [0.2, 0.25) is 0 Å². The van der Waals surface area contributed by atoms with Crippen LogP contribution in [0.3, 0.4) is 0 Å². The smallest absolute Gasteiger partial charge is 0.419 e. The number of ether oxygens (including phenoxy) is 1. The van der Waals surface area contributed by atoms with E-state index >= 15 is 0 Å². The minimum atomic E-state index is -4.82. The van der Waals surface area contributed by atoms with Gasteiger partial charge in [0.15, 0.2) is 16.3 Å². The minimum Gasteiger partial charge on any atom is -0.421 e. The molecule has 0 heterocycles. The van der Waals surface area contributed by atoms with Gasteiger partial charge in [0.05, 0.1) is 5.56 Å². The summed E-state index contributed by atoms with van der Waals surface area (Å²) in [5.41, 5.74) is 3.86. The van der Waals surface area contributed by atoms with Crippen LogP contribution < -0.4 is 10.5 Å². The summed E-state index contributed by atoms with van der Waals surface area (Å²) in [5, 5.41) is 0. The summed E-state index contributed by atoms with van der Waals surface area (Å²) in [6, 6.07) is 2.06. The summed E-state index contributed by atoms with van der Waals surface area (Å²) in [6.45, 7) is 3.37. The maximum Gasteiger partial charge on any atom is 0.419 e. The number of alkyl halides is 3. The molecule has 4 nitrogen and oxygen atoms in total. The lowest BCUT2D eigenvalue weighted by Crippen LogP contribution is -2.16. The number of nitrogens with two attached hydrogens (primary N) is 1. The highest BCUT2D eigenvalue weighted by Crippen LogP contribution is 2.34. The van der Waals surface area contributed by atoms with Crippen molar-refractivity contribution < 1.29 is 22.3 Å². The Morgan fingerprint density at radius 3 is 2.43 bits per heavy atom. The lowest BCUT2D eigenvalue weighted by molar-refractivity contribution is -0.140. The van der Waals surface area contributed by atoms with Crippen LogP contribution in [0.25, 0.3) is 0 Å². The Labute approximate surface area is 126 Å². The van der Waals surface area contributed by atoms with Crippen molar-refractivity contribution in [1.82, 2.24) is 0 Å². The second kappa shape index (κ2) is 6.88. The van der Waals surface area contributed by atoms with Gasteiger partial charge in [0.25, 0.3) is 0 Å². The monoisotopic (exact) mass is 369 g/mol. The second-order valence-electron chi connectivity index (χ2n) is 4.16. The van der Waals surface area contributed by atoms with Crippen LogP contribution in [0.15, 0.2) is 28.2 Å².